The normalized spacial score (nSPS) is 15.2. The average molecular weight is 283 g/mol. The van der Waals surface area contributed by atoms with Crippen LogP contribution in [0.5, 0.6) is 0 Å². The largest absolute Gasteiger partial charge is 0.477 e. The Morgan fingerprint density at radius 1 is 1.14 bits per heavy atom. The number of aromatic nitrogens is 2. The van der Waals surface area contributed by atoms with E-state index in [0.29, 0.717) is 12.4 Å². The monoisotopic (exact) mass is 283 g/mol. The van der Waals surface area contributed by atoms with Crippen molar-refractivity contribution < 1.29 is 9.90 Å². The van der Waals surface area contributed by atoms with Crippen molar-refractivity contribution in [2.24, 2.45) is 0 Å². The minimum Gasteiger partial charge on any atom is -0.477 e. The quantitative estimate of drug-likeness (QED) is 0.933. The molecule has 1 aromatic carbocycles. The summed E-state index contributed by atoms with van der Waals surface area (Å²) in [5.74, 6) is -0.540. The van der Waals surface area contributed by atoms with Crippen LogP contribution in [-0.2, 0) is 6.54 Å². The van der Waals surface area contributed by atoms with E-state index >= 15 is 0 Å². The molecule has 1 aliphatic rings. The van der Waals surface area contributed by atoms with E-state index in [-0.39, 0.29) is 5.69 Å². The minimum atomic E-state index is -1.02. The van der Waals surface area contributed by atoms with Gasteiger partial charge in [0.15, 0.2) is 11.5 Å². The molecule has 1 N–H and O–H groups in total. The predicted octanol–water partition coefficient (Wildman–Crippen LogP) is 2.44. The second-order valence-electron chi connectivity index (χ2n) is 5.22. The summed E-state index contributed by atoms with van der Waals surface area (Å²) in [4.78, 5) is 22.2. The van der Waals surface area contributed by atoms with Crippen molar-refractivity contribution in [2.45, 2.75) is 19.4 Å². The molecule has 0 saturated carbocycles. The topological polar surface area (TPSA) is 66.3 Å². The molecule has 0 bridgehead atoms. The molecular formula is C16H17N3O2. The van der Waals surface area contributed by atoms with Crippen molar-refractivity contribution in [3.05, 3.63) is 47.8 Å². The molecule has 0 radical (unpaired) electrons. The van der Waals surface area contributed by atoms with Crippen LogP contribution in [0.2, 0.25) is 0 Å². The van der Waals surface area contributed by atoms with Gasteiger partial charge in [-0.25, -0.2) is 14.8 Å². The summed E-state index contributed by atoms with van der Waals surface area (Å²) in [5.41, 5.74) is 1.66. The summed E-state index contributed by atoms with van der Waals surface area (Å²) >= 11 is 0. The second-order valence-corrected chi connectivity index (χ2v) is 5.22. The molecule has 0 amide bonds. The van der Waals surface area contributed by atoms with Crippen molar-refractivity contribution in [3.8, 4) is 11.4 Å². The van der Waals surface area contributed by atoms with Gasteiger partial charge in [-0.05, 0) is 32.0 Å². The summed E-state index contributed by atoms with van der Waals surface area (Å²) in [6, 6.07) is 11.1. The molecule has 0 spiro atoms. The van der Waals surface area contributed by atoms with E-state index in [0.717, 1.165) is 24.3 Å². The number of nitrogens with zero attached hydrogens (tertiary/aromatic N) is 3. The SMILES string of the molecule is O=C(O)c1cc(CN2CCCC2)nc(-c2ccccc2)n1. The van der Waals surface area contributed by atoms with Crippen molar-refractivity contribution >= 4 is 5.97 Å². The van der Waals surface area contributed by atoms with E-state index in [1.165, 1.54) is 12.8 Å². The third-order valence-electron chi connectivity index (χ3n) is 3.61. The maximum Gasteiger partial charge on any atom is 0.354 e. The molecule has 5 nitrogen and oxygen atoms in total. The number of likely N-dealkylation sites (tertiary alicyclic amines) is 1. The molecule has 5 heteroatoms. The average Bonchev–Trinajstić information content (AvgIpc) is 3.01. The Hall–Kier alpha value is -2.27. The molecule has 3 rings (SSSR count). The number of hydrogen-bond acceptors (Lipinski definition) is 4. The van der Waals surface area contributed by atoms with Crippen molar-refractivity contribution in [3.63, 3.8) is 0 Å². The summed E-state index contributed by atoms with van der Waals surface area (Å²) in [5, 5.41) is 9.24. The summed E-state index contributed by atoms with van der Waals surface area (Å²) in [7, 11) is 0. The minimum absolute atomic E-state index is 0.0537. The number of carboxylic acid groups (broad SMARTS) is 1. The van der Waals surface area contributed by atoms with E-state index < -0.39 is 5.97 Å². The van der Waals surface area contributed by atoms with Crippen LogP contribution < -0.4 is 0 Å². The molecule has 108 valence electrons. The number of benzene rings is 1. The van der Waals surface area contributed by atoms with E-state index in [1.54, 1.807) is 6.07 Å². The Labute approximate surface area is 123 Å². The number of carboxylic acids is 1. The molecule has 1 saturated heterocycles. The first-order valence-corrected chi connectivity index (χ1v) is 7.11. The highest BCUT2D eigenvalue weighted by Gasteiger charge is 2.16. The number of rotatable bonds is 4. The Morgan fingerprint density at radius 3 is 2.52 bits per heavy atom. The summed E-state index contributed by atoms with van der Waals surface area (Å²) in [6.07, 6.45) is 2.39. The highest BCUT2D eigenvalue weighted by molar-refractivity contribution is 5.86. The van der Waals surface area contributed by atoms with Crippen LogP contribution in [0.4, 0.5) is 0 Å². The van der Waals surface area contributed by atoms with E-state index in [1.807, 2.05) is 30.3 Å². The molecule has 21 heavy (non-hydrogen) atoms. The zero-order valence-corrected chi connectivity index (χ0v) is 11.7. The second kappa shape index (κ2) is 6.01. The lowest BCUT2D eigenvalue weighted by molar-refractivity contribution is 0.0690. The fraction of sp³-hybridized carbons (Fsp3) is 0.312. The van der Waals surface area contributed by atoms with E-state index in [2.05, 4.69) is 14.9 Å². The molecule has 0 atom stereocenters. The highest BCUT2D eigenvalue weighted by Crippen LogP contribution is 2.18. The number of carbonyl (C=O) groups is 1. The molecule has 0 unspecified atom stereocenters. The van der Waals surface area contributed by atoms with Gasteiger partial charge in [0.25, 0.3) is 0 Å². The highest BCUT2D eigenvalue weighted by atomic mass is 16.4. The number of hydrogen-bond donors (Lipinski definition) is 1. The standard InChI is InChI=1S/C16H17N3O2/c20-16(21)14-10-13(11-19-8-4-5-9-19)17-15(18-14)12-6-2-1-3-7-12/h1-3,6-7,10H,4-5,8-9,11H2,(H,20,21). The van der Waals surface area contributed by atoms with Gasteiger partial charge in [-0.3, -0.25) is 4.90 Å². The number of aromatic carboxylic acids is 1. The Kier molecular flexibility index (Phi) is 3.92. The molecule has 0 aliphatic carbocycles. The maximum absolute atomic E-state index is 11.3. The van der Waals surface area contributed by atoms with Gasteiger partial charge in [0.05, 0.1) is 5.69 Å². The van der Waals surface area contributed by atoms with Crippen molar-refractivity contribution in [2.75, 3.05) is 13.1 Å². The zero-order valence-electron chi connectivity index (χ0n) is 11.7. The van der Waals surface area contributed by atoms with Crippen LogP contribution in [0.15, 0.2) is 36.4 Å². The fourth-order valence-electron chi connectivity index (χ4n) is 2.57. The molecule has 2 aromatic rings. The Morgan fingerprint density at radius 2 is 1.86 bits per heavy atom. The zero-order chi connectivity index (χ0) is 14.7. The van der Waals surface area contributed by atoms with Crippen molar-refractivity contribution in [1.29, 1.82) is 0 Å². The summed E-state index contributed by atoms with van der Waals surface area (Å²) < 4.78 is 0. The van der Waals surface area contributed by atoms with Gasteiger partial charge in [-0.2, -0.15) is 0 Å². The smallest absolute Gasteiger partial charge is 0.354 e. The van der Waals surface area contributed by atoms with Crippen LogP contribution >= 0.6 is 0 Å². The molecular weight excluding hydrogens is 266 g/mol. The van der Waals surface area contributed by atoms with Crippen LogP contribution in [0.1, 0.15) is 29.0 Å². The van der Waals surface area contributed by atoms with Gasteiger partial charge in [0.1, 0.15) is 0 Å². The lowest BCUT2D eigenvalue weighted by Gasteiger charge is -2.14. The van der Waals surface area contributed by atoms with Crippen LogP contribution in [0.3, 0.4) is 0 Å². The predicted molar refractivity (Wildman–Crippen MR) is 78.9 cm³/mol. The van der Waals surface area contributed by atoms with Gasteiger partial charge in [-0.15, -0.1) is 0 Å². The molecule has 2 heterocycles. The third kappa shape index (κ3) is 3.25. The van der Waals surface area contributed by atoms with Gasteiger partial charge in [0, 0.05) is 12.1 Å². The van der Waals surface area contributed by atoms with E-state index in [9.17, 15) is 9.90 Å². The maximum atomic E-state index is 11.3. The fourth-order valence-corrected chi connectivity index (χ4v) is 2.57. The van der Waals surface area contributed by atoms with Crippen LogP contribution in [0, 0.1) is 0 Å². The first kappa shape index (κ1) is 13.7. The lowest BCUT2D eigenvalue weighted by atomic mass is 10.2. The van der Waals surface area contributed by atoms with E-state index in [4.69, 9.17) is 0 Å². The van der Waals surface area contributed by atoms with Gasteiger partial charge in [-0.1, -0.05) is 30.3 Å². The van der Waals surface area contributed by atoms with Crippen molar-refractivity contribution in [1.82, 2.24) is 14.9 Å². The summed E-state index contributed by atoms with van der Waals surface area (Å²) in [6.45, 7) is 2.78. The van der Waals surface area contributed by atoms with Gasteiger partial charge < -0.3 is 5.11 Å². The Bertz CT molecular complexity index is 637. The molecule has 1 aromatic heterocycles. The van der Waals surface area contributed by atoms with Gasteiger partial charge >= 0.3 is 5.97 Å². The van der Waals surface area contributed by atoms with Crippen LogP contribution in [0.25, 0.3) is 11.4 Å². The molecule has 1 aliphatic heterocycles. The first-order chi connectivity index (χ1) is 10.2. The van der Waals surface area contributed by atoms with Gasteiger partial charge in [0.2, 0.25) is 0 Å². The first-order valence-electron chi connectivity index (χ1n) is 7.11. The molecule has 1 fully saturated rings. The Balaban J connectivity index is 1.95. The van der Waals surface area contributed by atoms with Crippen LogP contribution in [-0.4, -0.2) is 39.0 Å². The lowest BCUT2D eigenvalue weighted by Crippen LogP contribution is -2.20. The third-order valence-corrected chi connectivity index (χ3v) is 3.61.